The second-order valence-corrected chi connectivity index (χ2v) is 26.8. The first-order valence-electron chi connectivity index (χ1n) is 35.1. The van der Waals surface area contributed by atoms with Crippen LogP contribution in [0.25, 0.3) is 0 Å². The maximum absolute atomic E-state index is 13.6. The second-order valence-electron chi connectivity index (χ2n) is 25.4. The highest BCUT2D eigenvalue weighted by Gasteiger charge is 2.27. The number of esters is 1. The van der Waals surface area contributed by atoms with Crippen LogP contribution in [0.1, 0.15) is 361 Å². The zero-order valence-electron chi connectivity index (χ0n) is 54.3. The van der Waals surface area contributed by atoms with E-state index in [0.717, 1.165) is 57.8 Å². The predicted molar refractivity (Wildman–Crippen MR) is 344 cm³/mol. The van der Waals surface area contributed by atoms with Crippen molar-refractivity contribution >= 4 is 19.7 Å². The lowest BCUT2D eigenvalue weighted by atomic mass is 10.0. The van der Waals surface area contributed by atoms with E-state index >= 15 is 0 Å². The number of phosphoric acid groups is 1. The van der Waals surface area contributed by atoms with Gasteiger partial charge >= 0.3 is 5.97 Å². The molecule has 9 nitrogen and oxygen atoms in total. The summed E-state index contributed by atoms with van der Waals surface area (Å²) in [5.41, 5.74) is 0. The maximum Gasteiger partial charge on any atom is 0.306 e. The molecule has 0 fully saturated rings. The average molecular weight is 1150 g/mol. The molecule has 0 saturated carbocycles. The lowest BCUT2D eigenvalue weighted by Gasteiger charge is -2.30. The Balaban J connectivity index is 4.96. The van der Waals surface area contributed by atoms with Gasteiger partial charge in [-0.3, -0.25) is 14.2 Å². The molecule has 0 aromatic heterocycles. The Bertz CT molecular complexity index is 1420. The van der Waals surface area contributed by atoms with Gasteiger partial charge in [0.25, 0.3) is 7.82 Å². The number of hydrogen-bond acceptors (Lipinski definition) is 7. The summed E-state index contributed by atoms with van der Waals surface area (Å²) in [6.45, 7) is 6.90. The number of unbranched alkanes of at least 4 members (excludes halogenated alkanes) is 47. The number of phosphoric ester groups is 1. The summed E-state index contributed by atoms with van der Waals surface area (Å²) < 4.78 is 30.4. The lowest BCUT2D eigenvalue weighted by Crippen LogP contribution is -2.47. The molecule has 0 aliphatic rings. The molecule has 474 valence electrons. The van der Waals surface area contributed by atoms with Crippen molar-refractivity contribution in [2.45, 2.75) is 373 Å². The first-order chi connectivity index (χ1) is 38.9. The first-order valence-corrected chi connectivity index (χ1v) is 36.6. The fourth-order valence-corrected chi connectivity index (χ4v) is 11.4. The van der Waals surface area contributed by atoms with E-state index in [2.05, 4.69) is 38.2 Å². The molecule has 0 bridgehead atoms. The van der Waals surface area contributed by atoms with Crippen molar-refractivity contribution in [3.05, 3.63) is 24.3 Å². The Kier molecular flexibility index (Phi) is 59.5. The van der Waals surface area contributed by atoms with Crippen molar-refractivity contribution in [2.24, 2.45) is 0 Å². The molecule has 0 rings (SSSR count). The Morgan fingerprint density at radius 3 is 1.06 bits per heavy atom. The minimum absolute atomic E-state index is 0.0177. The number of carbonyl (C=O) groups is 2. The van der Waals surface area contributed by atoms with E-state index in [1.54, 1.807) is 0 Å². The van der Waals surface area contributed by atoms with Gasteiger partial charge in [-0.05, 0) is 57.4 Å². The smallest absolute Gasteiger partial charge is 0.306 e. The first kappa shape index (κ1) is 78.5. The molecule has 0 heterocycles. The molecule has 0 aromatic rings. The van der Waals surface area contributed by atoms with Crippen LogP contribution in [-0.2, 0) is 27.9 Å². The van der Waals surface area contributed by atoms with E-state index in [0.29, 0.717) is 17.4 Å². The Hall–Kier alpha value is -1.51. The quantitative estimate of drug-likeness (QED) is 0.0212. The van der Waals surface area contributed by atoms with Crippen molar-refractivity contribution in [3.8, 4) is 0 Å². The number of carbonyl (C=O) groups excluding carboxylic acids is 2. The predicted octanol–water partition coefficient (Wildman–Crippen LogP) is 21.4. The SMILES string of the molecule is CCCCCCCC/C=C/CCCCCCCCCCCCCCCCCCCC(=O)NC(COP(=O)([O-])OCC[N+](C)(C)C)C(/C=C\CCCCCCCCCCCC)OC(=O)CCCCCCCCCCCCCCCCC. The third-order valence-electron chi connectivity index (χ3n) is 16.1. The maximum atomic E-state index is 13.6. The minimum atomic E-state index is -4.70. The molecule has 0 aliphatic carbocycles. The summed E-state index contributed by atoms with van der Waals surface area (Å²) in [5.74, 6) is -0.518. The number of hydrogen-bond donors (Lipinski definition) is 1. The molecule has 80 heavy (non-hydrogen) atoms. The van der Waals surface area contributed by atoms with Crippen molar-refractivity contribution in [1.29, 1.82) is 0 Å². The number of quaternary nitrogens is 1. The third kappa shape index (κ3) is 61.1. The van der Waals surface area contributed by atoms with Gasteiger partial charge in [-0.1, -0.05) is 315 Å². The van der Waals surface area contributed by atoms with E-state index in [-0.39, 0.29) is 31.5 Å². The van der Waals surface area contributed by atoms with Crippen molar-refractivity contribution in [1.82, 2.24) is 5.32 Å². The van der Waals surface area contributed by atoms with Crippen LogP contribution in [0.4, 0.5) is 0 Å². The summed E-state index contributed by atoms with van der Waals surface area (Å²) in [6, 6.07) is -0.882. The van der Waals surface area contributed by atoms with Crippen LogP contribution in [0.3, 0.4) is 0 Å². The lowest BCUT2D eigenvalue weighted by molar-refractivity contribution is -0.870. The monoisotopic (exact) mass is 1150 g/mol. The molecular weight excluding hydrogens is 1010 g/mol. The van der Waals surface area contributed by atoms with Crippen LogP contribution in [0.15, 0.2) is 24.3 Å². The van der Waals surface area contributed by atoms with E-state index in [4.69, 9.17) is 13.8 Å². The van der Waals surface area contributed by atoms with Gasteiger partial charge in [-0.2, -0.15) is 0 Å². The molecule has 0 aliphatic heterocycles. The molecule has 0 radical (unpaired) electrons. The summed E-state index contributed by atoms with van der Waals surface area (Å²) in [5, 5.41) is 3.05. The number of rotatable bonds is 65. The highest BCUT2D eigenvalue weighted by molar-refractivity contribution is 7.45. The van der Waals surface area contributed by atoms with Gasteiger partial charge in [0.15, 0.2) is 0 Å². The van der Waals surface area contributed by atoms with E-state index in [1.807, 2.05) is 33.3 Å². The van der Waals surface area contributed by atoms with E-state index < -0.39 is 20.0 Å². The fraction of sp³-hybridized carbons (Fsp3) is 0.914. The normalized spacial score (nSPS) is 13.6. The van der Waals surface area contributed by atoms with Crippen LogP contribution in [0.2, 0.25) is 0 Å². The van der Waals surface area contributed by atoms with Crippen molar-refractivity contribution in [3.63, 3.8) is 0 Å². The third-order valence-corrected chi connectivity index (χ3v) is 17.1. The minimum Gasteiger partial charge on any atom is -0.756 e. The van der Waals surface area contributed by atoms with Gasteiger partial charge in [0.2, 0.25) is 5.91 Å². The van der Waals surface area contributed by atoms with Gasteiger partial charge in [-0.25, -0.2) is 0 Å². The highest BCUT2D eigenvalue weighted by atomic mass is 31.2. The number of allylic oxidation sites excluding steroid dienone is 3. The average Bonchev–Trinajstić information content (AvgIpc) is 3.42. The van der Waals surface area contributed by atoms with E-state index in [1.165, 1.54) is 270 Å². The molecule has 3 atom stereocenters. The zero-order valence-corrected chi connectivity index (χ0v) is 55.2. The number of likely N-dealkylation sites (N-methyl/N-ethyl adjacent to an activating group) is 1. The van der Waals surface area contributed by atoms with Gasteiger partial charge in [0, 0.05) is 12.8 Å². The van der Waals surface area contributed by atoms with Crippen molar-refractivity contribution in [2.75, 3.05) is 40.9 Å². The molecule has 1 amide bonds. The van der Waals surface area contributed by atoms with Crippen LogP contribution < -0.4 is 10.2 Å². The largest absolute Gasteiger partial charge is 0.756 e. The van der Waals surface area contributed by atoms with Gasteiger partial charge in [0.05, 0.1) is 33.8 Å². The Morgan fingerprint density at radius 2 is 0.725 bits per heavy atom. The van der Waals surface area contributed by atoms with Crippen LogP contribution >= 0.6 is 7.82 Å². The summed E-state index contributed by atoms with van der Waals surface area (Å²) in [7, 11) is 1.21. The van der Waals surface area contributed by atoms with Gasteiger partial charge in [-0.15, -0.1) is 0 Å². The van der Waals surface area contributed by atoms with Gasteiger partial charge < -0.3 is 28.5 Å². The molecular formula is C70H137N2O7P. The highest BCUT2D eigenvalue weighted by Crippen LogP contribution is 2.38. The standard InChI is InChI=1S/C70H137N2O7P/c1-7-10-13-16-19-22-25-28-30-31-32-33-34-35-36-37-38-39-40-41-43-44-47-50-53-56-59-62-69(73)71-67(66-78-80(75,76)77-65-64-72(4,5)6)68(61-58-55-52-49-46-27-24-21-18-15-12-9-3)79-70(74)63-60-57-54-51-48-45-42-29-26-23-20-17-14-11-8-2/h28,30,58,61,67-68H,7-27,29,31-57,59-60,62-66H2,1-6H3,(H-,71,73,75,76)/b30-28+,61-58-. The van der Waals surface area contributed by atoms with Crippen LogP contribution in [0.5, 0.6) is 0 Å². The molecule has 0 spiro atoms. The van der Waals surface area contributed by atoms with Crippen LogP contribution in [-0.4, -0.2) is 69.4 Å². The van der Waals surface area contributed by atoms with E-state index in [9.17, 15) is 19.0 Å². The molecule has 10 heteroatoms. The number of nitrogens with one attached hydrogen (secondary N) is 1. The van der Waals surface area contributed by atoms with Crippen molar-refractivity contribution < 1.29 is 37.3 Å². The Labute approximate surface area is 498 Å². The topological polar surface area (TPSA) is 114 Å². The van der Waals surface area contributed by atoms with Gasteiger partial charge in [0.1, 0.15) is 19.3 Å². The Morgan fingerprint density at radius 1 is 0.425 bits per heavy atom. The number of nitrogens with zero attached hydrogens (tertiary/aromatic N) is 1. The zero-order chi connectivity index (χ0) is 58.6. The number of amides is 1. The molecule has 0 aromatic carbocycles. The van der Waals surface area contributed by atoms with Crippen LogP contribution in [0, 0.1) is 0 Å². The molecule has 3 unspecified atom stereocenters. The summed E-state index contributed by atoms with van der Waals surface area (Å²) in [4.78, 5) is 40.1. The molecule has 1 N–H and O–H groups in total. The molecule has 0 saturated heterocycles. The second kappa shape index (κ2) is 60.6. The summed E-state index contributed by atoms with van der Waals surface area (Å²) >= 11 is 0. The number of ether oxygens (including phenoxy) is 1. The fourth-order valence-electron chi connectivity index (χ4n) is 10.7. The summed E-state index contributed by atoms with van der Waals surface area (Å²) in [6.07, 6.45) is 73.0.